The number of carbonyl (C=O) groups excluding carboxylic acids is 9. The highest BCUT2D eigenvalue weighted by Gasteiger charge is 2.34. The Morgan fingerprint density at radius 2 is 1.06 bits per heavy atom. The van der Waals surface area contributed by atoms with Crippen LogP contribution in [0.3, 0.4) is 0 Å². The first-order valence-corrected chi connectivity index (χ1v) is 22.0. The Hall–Kier alpha value is -5.50. The van der Waals surface area contributed by atoms with E-state index in [0.29, 0.717) is 45.1 Å². The normalized spacial score (nSPS) is 17.5. The van der Waals surface area contributed by atoms with Crippen LogP contribution in [-0.4, -0.2) is 168 Å². The SMILES string of the molecule is CC[C@H](C)[C@H](NC(=O)[C@H](C)NC(=O)[C@H](C)NC(=O)CNC(=O)[C@H](C)NC(=O)[C@@H]1CCCN1)C(=O)N[C@@H](CO)C(=O)N[C@@H](CCCCN)C(=O)N[C@@H](CCCCN)C(=O)N[C@@H](CO)C(=O)O. The van der Waals surface area contributed by atoms with E-state index in [2.05, 4.69) is 53.2 Å². The molecule has 0 spiro atoms. The van der Waals surface area contributed by atoms with E-state index in [9.17, 15) is 63.3 Å². The summed E-state index contributed by atoms with van der Waals surface area (Å²) < 4.78 is 0. The number of nitrogens with two attached hydrogens (primary N) is 2. The number of carbonyl (C=O) groups is 10. The van der Waals surface area contributed by atoms with Gasteiger partial charge < -0.3 is 80.0 Å². The molecule has 1 saturated heterocycles. The lowest BCUT2D eigenvalue weighted by atomic mass is 9.97. The first kappa shape index (κ1) is 57.5. The van der Waals surface area contributed by atoms with E-state index >= 15 is 0 Å². The van der Waals surface area contributed by atoms with Crippen molar-refractivity contribution in [2.75, 3.05) is 39.4 Å². The molecule has 370 valence electrons. The van der Waals surface area contributed by atoms with Gasteiger partial charge in [-0.25, -0.2) is 4.79 Å². The number of hydrogen-bond donors (Lipinski definition) is 15. The summed E-state index contributed by atoms with van der Waals surface area (Å²) in [4.78, 5) is 129. The van der Waals surface area contributed by atoms with Gasteiger partial charge in [0.25, 0.3) is 0 Å². The van der Waals surface area contributed by atoms with Crippen LogP contribution in [-0.2, 0) is 47.9 Å². The third-order valence-electron chi connectivity index (χ3n) is 10.6. The molecular formula is C40H72N12O13. The zero-order chi connectivity index (χ0) is 49.2. The van der Waals surface area contributed by atoms with Crippen molar-refractivity contribution < 1.29 is 63.3 Å². The minimum atomic E-state index is -1.65. The molecule has 0 radical (unpaired) electrons. The summed E-state index contributed by atoms with van der Waals surface area (Å²) in [5.74, 6) is -8.94. The minimum absolute atomic E-state index is 0.0130. The number of aliphatic hydroxyl groups excluding tert-OH is 2. The van der Waals surface area contributed by atoms with Crippen molar-refractivity contribution in [1.29, 1.82) is 0 Å². The number of aliphatic hydroxyl groups is 2. The van der Waals surface area contributed by atoms with Crippen LogP contribution >= 0.6 is 0 Å². The van der Waals surface area contributed by atoms with E-state index in [1.165, 1.54) is 20.8 Å². The maximum absolute atomic E-state index is 13.6. The Bertz CT molecular complexity index is 1620. The summed E-state index contributed by atoms with van der Waals surface area (Å²) in [6.07, 6.45) is 3.48. The highest BCUT2D eigenvalue weighted by molar-refractivity contribution is 5.98. The molecular weight excluding hydrogens is 857 g/mol. The van der Waals surface area contributed by atoms with E-state index in [1.807, 2.05) is 0 Å². The van der Waals surface area contributed by atoms with Crippen molar-refractivity contribution in [3.05, 3.63) is 0 Å². The number of rotatable bonds is 31. The van der Waals surface area contributed by atoms with Gasteiger partial charge >= 0.3 is 5.97 Å². The van der Waals surface area contributed by atoms with Crippen LogP contribution in [0.1, 0.15) is 92.4 Å². The number of carboxylic acids is 1. The van der Waals surface area contributed by atoms with Gasteiger partial charge in [0.2, 0.25) is 53.2 Å². The van der Waals surface area contributed by atoms with E-state index in [-0.39, 0.29) is 31.8 Å². The summed E-state index contributed by atoms with van der Waals surface area (Å²) in [7, 11) is 0. The Balaban J connectivity index is 2.95. The molecule has 1 rings (SSSR count). The van der Waals surface area contributed by atoms with Crippen LogP contribution in [0.25, 0.3) is 0 Å². The Kier molecular flexibility index (Phi) is 27.1. The van der Waals surface area contributed by atoms with Crippen molar-refractivity contribution in [3.8, 4) is 0 Å². The molecule has 10 atom stereocenters. The van der Waals surface area contributed by atoms with Crippen molar-refractivity contribution in [2.24, 2.45) is 17.4 Å². The summed E-state index contributed by atoms with van der Waals surface area (Å²) in [6.45, 7) is 6.36. The highest BCUT2D eigenvalue weighted by Crippen LogP contribution is 2.11. The van der Waals surface area contributed by atoms with E-state index in [1.54, 1.807) is 13.8 Å². The van der Waals surface area contributed by atoms with Crippen LogP contribution in [0.15, 0.2) is 0 Å². The maximum atomic E-state index is 13.6. The zero-order valence-corrected chi connectivity index (χ0v) is 38.0. The van der Waals surface area contributed by atoms with Gasteiger partial charge in [-0.2, -0.15) is 0 Å². The molecule has 0 aromatic heterocycles. The second kappa shape index (κ2) is 30.6. The lowest BCUT2D eigenvalue weighted by molar-refractivity contribution is -0.143. The molecule has 1 heterocycles. The molecule has 25 nitrogen and oxygen atoms in total. The Morgan fingerprint density at radius 1 is 0.585 bits per heavy atom. The first-order valence-electron chi connectivity index (χ1n) is 22.0. The van der Waals surface area contributed by atoms with Gasteiger partial charge in [0, 0.05) is 0 Å². The van der Waals surface area contributed by atoms with Gasteiger partial charge in [0.1, 0.15) is 48.3 Å². The fraction of sp³-hybridized carbons (Fsp3) is 0.750. The number of aliphatic carboxylic acids is 1. The fourth-order valence-electron chi connectivity index (χ4n) is 6.33. The minimum Gasteiger partial charge on any atom is -0.480 e. The molecule has 17 N–H and O–H groups in total. The molecule has 9 amide bonds. The quantitative estimate of drug-likeness (QED) is 0.0288. The third-order valence-corrected chi connectivity index (χ3v) is 10.6. The molecule has 65 heavy (non-hydrogen) atoms. The molecule has 0 aromatic rings. The van der Waals surface area contributed by atoms with Gasteiger partial charge in [-0.1, -0.05) is 20.3 Å². The summed E-state index contributed by atoms with van der Waals surface area (Å²) in [6, 6.07) is -10.9. The largest absolute Gasteiger partial charge is 0.480 e. The molecule has 1 aliphatic heterocycles. The standard InChI is InChI=1S/C40H72N12O13/c1-6-21(2)31(52-34(58)24(5)46-33(57)23(4)45-30(55)18-44-32(56)22(3)47-35(59)25-14-11-17-43-25)39(63)50-28(19-53)38(62)49-26(12-7-9-15-41)36(60)48-27(13-8-10-16-42)37(61)51-29(20-54)40(64)65/h21-29,31,43,53-54H,6-20,41-42H2,1-5H3,(H,44,56)(H,45,55)(H,46,57)(H,47,59)(H,48,60)(H,49,62)(H,50,63)(H,51,61)(H,52,58)(H,64,65)/t21-,22-,23-,24-,25-,26-,27-,28-,29-,31-/m0/s1. The lowest BCUT2D eigenvalue weighted by Gasteiger charge is -2.28. The molecule has 0 bridgehead atoms. The predicted molar refractivity (Wildman–Crippen MR) is 234 cm³/mol. The summed E-state index contributed by atoms with van der Waals surface area (Å²) in [5, 5.41) is 53.8. The summed E-state index contributed by atoms with van der Waals surface area (Å²) in [5.41, 5.74) is 11.2. The van der Waals surface area contributed by atoms with Crippen molar-refractivity contribution in [3.63, 3.8) is 0 Å². The van der Waals surface area contributed by atoms with Crippen molar-refractivity contribution in [1.82, 2.24) is 53.2 Å². The second-order valence-corrected chi connectivity index (χ2v) is 16.0. The highest BCUT2D eigenvalue weighted by atomic mass is 16.4. The van der Waals surface area contributed by atoms with Crippen molar-refractivity contribution in [2.45, 2.75) is 147 Å². The van der Waals surface area contributed by atoms with Crippen LogP contribution in [0.4, 0.5) is 0 Å². The monoisotopic (exact) mass is 929 g/mol. The number of nitrogens with one attached hydrogen (secondary N) is 10. The number of unbranched alkanes of at least 4 members (excludes halogenated alkanes) is 2. The number of hydrogen-bond acceptors (Lipinski definition) is 15. The van der Waals surface area contributed by atoms with Gasteiger partial charge in [-0.05, 0) is 97.7 Å². The predicted octanol–water partition coefficient (Wildman–Crippen LogP) is -5.83. The topological polar surface area (TPSA) is 404 Å². The van der Waals surface area contributed by atoms with E-state index in [4.69, 9.17) is 11.5 Å². The average Bonchev–Trinajstić information content (AvgIpc) is 3.82. The smallest absolute Gasteiger partial charge is 0.328 e. The summed E-state index contributed by atoms with van der Waals surface area (Å²) >= 11 is 0. The number of amides is 9. The fourth-order valence-corrected chi connectivity index (χ4v) is 6.33. The molecule has 0 aliphatic carbocycles. The molecule has 0 unspecified atom stereocenters. The average molecular weight is 929 g/mol. The Morgan fingerprint density at radius 3 is 1.54 bits per heavy atom. The number of carboxylic acid groups (broad SMARTS) is 1. The molecule has 0 saturated carbocycles. The molecule has 25 heteroatoms. The molecule has 1 fully saturated rings. The van der Waals surface area contributed by atoms with Gasteiger partial charge in [0.15, 0.2) is 0 Å². The first-order chi connectivity index (χ1) is 30.7. The third kappa shape index (κ3) is 20.9. The van der Waals surface area contributed by atoms with Gasteiger partial charge in [-0.15, -0.1) is 0 Å². The molecule has 0 aromatic carbocycles. The van der Waals surface area contributed by atoms with Crippen LogP contribution in [0.2, 0.25) is 0 Å². The lowest BCUT2D eigenvalue weighted by Crippen LogP contribution is -2.61. The van der Waals surface area contributed by atoms with Crippen molar-refractivity contribution >= 4 is 59.1 Å². The van der Waals surface area contributed by atoms with E-state index in [0.717, 1.165) is 6.42 Å². The van der Waals surface area contributed by atoms with Crippen LogP contribution in [0, 0.1) is 5.92 Å². The van der Waals surface area contributed by atoms with Crippen LogP contribution in [0.5, 0.6) is 0 Å². The van der Waals surface area contributed by atoms with Crippen LogP contribution < -0.4 is 64.6 Å². The Labute approximate surface area is 378 Å². The van der Waals surface area contributed by atoms with E-state index < -0.39 is 133 Å². The second-order valence-electron chi connectivity index (χ2n) is 16.0. The maximum Gasteiger partial charge on any atom is 0.328 e. The molecule has 1 aliphatic rings. The van der Waals surface area contributed by atoms with Gasteiger partial charge in [0.05, 0.1) is 25.8 Å². The van der Waals surface area contributed by atoms with Gasteiger partial charge in [-0.3, -0.25) is 43.2 Å². The zero-order valence-electron chi connectivity index (χ0n) is 38.0.